The van der Waals surface area contributed by atoms with Crippen LogP contribution in [0.1, 0.15) is 116 Å². The maximum Gasteiger partial charge on any atom is 0.309 e. The second kappa shape index (κ2) is 16.3. The summed E-state index contributed by atoms with van der Waals surface area (Å²) in [5.41, 5.74) is 1.58. The number of benzene rings is 2. The molecule has 3 aromatic rings. The summed E-state index contributed by atoms with van der Waals surface area (Å²) in [4.78, 5) is 72.0. The predicted octanol–water partition coefficient (Wildman–Crippen LogP) is 6.45. The van der Waals surface area contributed by atoms with Gasteiger partial charge in [-0.3, -0.25) is 24.0 Å². The first-order valence-corrected chi connectivity index (χ1v) is 19.0. The summed E-state index contributed by atoms with van der Waals surface area (Å²) in [6.45, 7) is 3.53. The number of fused-ring (bicyclic) bond motifs is 2. The average molecular weight is 751 g/mol. The Morgan fingerprint density at radius 1 is 0.830 bits per heavy atom. The quantitative estimate of drug-likeness (QED) is 0.0931. The number of rotatable bonds is 12. The van der Waals surface area contributed by atoms with E-state index >= 15 is 0 Å². The number of hydrogen-bond donors (Lipinski definition) is 1. The van der Waals surface area contributed by atoms with Gasteiger partial charge >= 0.3 is 17.9 Å². The van der Waals surface area contributed by atoms with Gasteiger partial charge in [0.25, 0.3) is 11.8 Å². The van der Waals surface area contributed by atoms with Gasteiger partial charge in [-0.1, -0.05) is 30.4 Å². The van der Waals surface area contributed by atoms with Crippen molar-refractivity contribution in [3.05, 3.63) is 52.6 Å². The van der Waals surface area contributed by atoms with Crippen LogP contribution in [-0.4, -0.2) is 67.4 Å². The second-order valence-corrected chi connectivity index (χ2v) is 15.0. The molecule has 284 valence electrons. The van der Waals surface area contributed by atoms with Crippen molar-refractivity contribution in [3.63, 3.8) is 0 Å². The number of nitrogens with zero attached hydrogens (tertiary/aromatic N) is 2. The van der Waals surface area contributed by atoms with Gasteiger partial charge in [0, 0.05) is 11.5 Å². The van der Waals surface area contributed by atoms with E-state index in [-0.39, 0.29) is 46.0 Å². The van der Waals surface area contributed by atoms with Gasteiger partial charge < -0.3 is 28.8 Å². The van der Waals surface area contributed by atoms with E-state index in [1.54, 1.807) is 44.4 Å². The first kappa shape index (κ1) is 38.3. The molecule has 2 heterocycles. The summed E-state index contributed by atoms with van der Waals surface area (Å²) in [5.74, 6) is -2.69. The Balaban J connectivity index is 1.30. The monoisotopic (exact) mass is 750 g/mol. The molecule has 2 aliphatic carbocycles. The van der Waals surface area contributed by atoms with Gasteiger partial charge in [0.2, 0.25) is 5.13 Å². The van der Waals surface area contributed by atoms with Crippen LogP contribution in [0.2, 0.25) is 0 Å². The van der Waals surface area contributed by atoms with Crippen LogP contribution in [0.3, 0.4) is 0 Å². The third-order valence-electron chi connectivity index (χ3n) is 10.9. The van der Waals surface area contributed by atoms with Gasteiger partial charge in [-0.05, 0) is 88.5 Å². The highest BCUT2D eigenvalue weighted by atomic mass is 32.1. The lowest BCUT2D eigenvalue weighted by Gasteiger charge is -2.32. The molecule has 0 saturated heterocycles. The summed E-state index contributed by atoms with van der Waals surface area (Å²) in [6.07, 6.45) is 1.78. The molecule has 13 nitrogen and oxygen atoms in total. The zero-order valence-corrected chi connectivity index (χ0v) is 31.4. The number of hydrogen-bond acceptors (Lipinski definition) is 13. The van der Waals surface area contributed by atoms with Gasteiger partial charge in [0.15, 0.2) is 6.29 Å². The molecule has 1 aromatic heterocycles. The van der Waals surface area contributed by atoms with Crippen molar-refractivity contribution in [3.8, 4) is 5.75 Å². The van der Waals surface area contributed by atoms with E-state index in [0.717, 1.165) is 9.60 Å². The Hall–Kier alpha value is -4.40. The third-order valence-corrected chi connectivity index (χ3v) is 11.9. The molecule has 0 bridgehead atoms. The van der Waals surface area contributed by atoms with Crippen molar-refractivity contribution in [2.45, 2.75) is 90.1 Å². The van der Waals surface area contributed by atoms with E-state index in [9.17, 15) is 29.1 Å². The van der Waals surface area contributed by atoms with Crippen molar-refractivity contribution in [1.82, 2.24) is 4.98 Å². The lowest BCUT2D eigenvalue weighted by molar-refractivity contribution is -0.177. The molecule has 6 rings (SSSR count). The van der Waals surface area contributed by atoms with Crippen molar-refractivity contribution < 1.29 is 52.8 Å². The van der Waals surface area contributed by atoms with Crippen molar-refractivity contribution >= 4 is 56.4 Å². The molecule has 3 unspecified atom stereocenters. The van der Waals surface area contributed by atoms with Gasteiger partial charge in [-0.15, -0.1) is 0 Å². The number of carbonyl (C=O) groups excluding carboxylic acids is 5. The molecule has 2 saturated carbocycles. The topological polar surface area (TPSA) is 168 Å². The maximum atomic E-state index is 14.5. The predicted molar refractivity (Wildman–Crippen MR) is 193 cm³/mol. The van der Waals surface area contributed by atoms with E-state index in [4.69, 9.17) is 23.7 Å². The second-order valence-electron chi connectivity index (χ2n) is 14.0. The number of anilines is 1. The first-order chi connectivity index (χ1) is 25.5. The normalized spacial score (nSPS) is 23.2. The number of aromatic nitrogens is 1. The minimum atomic E-state index is -1.18. The molecule has 14 heteroatoms. The van der Waals surface area contributed by atoms with Crippen LogP contribution in [0.15, 0.2) is 30.3 Å². The van der Waals surface area contributed by atoms with Crippen LogP contribution in [0.25, 0.3) is 10.2 Å². The Bertz CT molecular complexity index is 1880. The van der Waals surface area contributed by atoms with Crippen LogP contribution in [0.5, 0.6) is 5.75 Å². The minimum absolute atomic E-state index is 0.0918. The molecule has 1 N–H and O–H groups in total. The molecule has 2 aromatic carbocycles. The summed E-state index contributed by atoms with van der Waals surface area (Å²) in [5, 5.41) is 11.4. The smallest absolute Gasteiger partial charge is 0.309 e. The number of aliphatic hydroxyl groups is 1. The molecule has 0 radical (unpaired) electrons. The maximum absolute atomic E-state index is 14.5. The number of ether oxygens (including phenoxy) is 5. The van der Waals surface area contributed by atoms with Crippen molar-refractivity contribution in [2.75, 3.05) is 26.2 Å². The van der Waals surface area contributed by atoms with E-state index in [1.807, 2.05) is 6.92 Å². The van der Waals surface area contributed by atoms with E-state index in [1.165, 1.54) is 25.6 Å². The van der Waals surface area contributed by atoms with E-state index < -0.39 is 42.2 Å². The van der Waals surface area contributed by atoms with Crippen LogP contribution in [0, 0.1) is 23.7 Å². The summed E-state index contributed by atoms with van der Waals surface area (Å²) < 4.78 is 28.1. The zero-order valence-electron chi connectivity index (χ0n) is 30.6. The molecular weight excluding hydrogens is 704 g/mol. The van der Waals surface area contributed by atoms with E-state index in [2.05, 4.69) is 4.98 Å². The lowest BCUT2D eigenvalue weighted by atomic mass is 9.81. The number of methoxy groups -OCH3 is 3. The average Bonchev–Trinajstić information content (AvgIpc) is 3.72. The van der Waals surface area contributed by atoms with Crippen molar-refractivity contribution in [1.29, 1.82) is 0 Å². The fourth-order valence-electron chi connectivity index (χ4n) is 7.85. The zero-order chi connectivity index (χ0) is 38.0. The van der Waals surface area contributed by atoms with Gasteiger partial charge in [-0.2, -0.15) is 0 Å². The standard InChI is InChI=1S/C39H46N2O11S/c1-6-29(52-38(47)24-13-9-22(10-14-24)36(45)50-5)27-17-16-26(20(2)51-37(46)23-11-7-21(8-12-23)35(44)49-4)31-32(27)34(43)41(33(31)42)39-40-28-18-15-25(48-3)19-30(28)53-39/h15-24,29,38,47H,6-14H2,1-5H3. The van der Waals surface area contributed by atoms with Gasteiger partial charge in [0.1, 0.15) is 11.9 Å². The van der Waals surface area contributed by atoms with Gasteiger partial charge in [-0.25, -0.2) is 9.88 Å². The molecule has 53 heavy (non-hydrogen) atoms. The van der Waals surface area contributed by atoms with E-state index in [0.29, 0.717) is 80.2 Å². The summed E-state index contributed by atoms with van der Waals surface area (Å²) in [7, 11) is 4.27. The Morgan fingerprint density at radius 3 is 1.94 bits per heavy atom. The molecule has 2 fully saturated rings. The van der Waals surface area contributed by atoms with Gasteiger partial charge in [0.05, 0.1) is 66.5 Å². The Labute approximate surface area is 311 Å². The van der Waals surface area contributed by atoms with Crippen LogP contribution in [0.4, 0.5) is 5.13 Å². The van der Waals surface area contributed by atoms with Crippen LogP contribution >= 0.6 is 11.3 Å². The highest BCUT2D eigenvalue weighted by molar-refractivity contribution is 7.22. The Morgan fingerprint density at radius 2 is 1.38 bits per heavy atom. The number of amides is 2. The molecular formula is C39H46N2O11S. The molecule has 0 spiro atoms. The number of aliphatic hydroxyl groups excluding tert-OH is 1. The van der Waals surface area contributed by atoms with Crippen molar-refractivity contribution in [2.24, 2.45) is 23.7 Å². The number of imide groups is 1. The fourth-order valence-corrected chi connectivity index (χ4v) is 8.84. The SMILES string of the molecule is CCC(OC(O)C1CCC(C(=O)OC)CC1)c1ccc(C(C)OC(=O)C2CCC(C(=O)OC)CC2)c2c1C(=O)N(c1nc3ccc(OC)cc3s1)C2=O. The lowest BCUT2D eigenvalue weighted by Crippen LogP contribution is -2.32. The Kier molecular flexibility index (Phi) is 11.8. The number of thiazole rings is 1. The summed E-state index contributed by atoms with van der Waals surface area (Å²) >= 11 is 1.17. The molecule has 2 amide bonds. The molecule has 3 atom stereocenters. The fraction of sp³-hybridized carbons (Fsp3) is 0.538. The third kappa shape index (κ3) is 7.67. The number of carbonyl (C=O) groups is 5. The summed E-state index contributed by atoms with van der Waals surface area (Å²) in [6, 6.07) is 8.67. The highest BCUT2D eigenvalue weighted by Crippen LogP contribution is 2.43. The molecule has 1 aliphatic heterocycles. The highest BCUT2D eigenvalue weighted by Gasteiger charge is 2.45. The number of esters is 3. The van der Waals surface area contributed by atoms with Crippen LogP contribution in [-0.2, 0) is 33.3 Å². The molecule has 3 aliphatic rings. The first-order valence-electron chi connectivity index (χ1n) is 18.2. The minimum Gasteiger partial charge on any atom is -0.497 e. The van der Waals surface area contributed by atoms with Crippen LogP contribution < -0.4 is 9.64 Å². The largest absolute Gasteiger partial charge is 0.497 e.